The number of hydrogen-bond donors (Lipinski definition) is 2. The smallest absolute Gasteiger partial charge is 0.430 e. The van der Waals surface area contributed by atoms with Crippen LogP contribution in [0.15, 0.2) is 82.3 Å². The summed E-state index contributed by atoms with van der Waals surface area (Å²) >= 11 is 1.14. The number of allylic oxidation sites excluding steroid dienone is 2. The van der Waals surface area contributed by atoms with Crippen molar-refractivity contribution >= 4 is 32.9 Å². The van der Waals surface area contributed by atoms with Crippen molar-refractivity contribution < 1.29 is 31.5 Å². The summed E-state index contributed by atoms with van der Waals surface area (Å²) in [5.41, 5.74) is 5.17. The van der Waals surface area contributed by atoms with Gasteiger partial charge in [-0.15, -0.1) is 11.3 Å². The highest BCUT2D eigenvalue weighted by atomic mass is 32.2. The molecule has 34 heavy (non-hydrogen) atoms. The first kappa shape index (κ1) is 25.2. The monoisotopic (exact) mass is 508 g/mol. The minimum absolute atomic E-state index is 0.00628. The number of carboxylic acid groups (broad SMARTS) is 1. The molecule has 3 rings (SSSR count). The van der Waals surface area contributed by atoms with E-state index in [2.05, 4.69) is 4.99 Å². The molecular formula is C23H19F3N2O4S2. The summed E-state index contributed by atoms with van der Waals surface area (Å²) in [5.74, 6) is -1.09. The number of benzene rings is 2. The van der Waals surface area contributed by atoms with E-state index in [9.17, 15) is 26.4 Å². The molecule has 0 bridgehead atoms. The second kappa shape index (κ2) is 9.82. The van der Waals surface area contributed by atoms with E-state index in [0.29, 0.717) is 20.9 Å². The number of aliphatic imine (C=N–C) groups is 1. The molecular weight excluding hydrogens is 489 g/mol. The van der Waals surface area contributed by atoms with Crippen molar-refractivity contribution in [2.75, 3.05) is 6.26 Å². The van der Waals surface area contributed by atoms with E-state index in [0.717, 1.165) is 23.7 Å². The third-order valence-corrected chi connectivity index (χ3v) is 6.92. The van der Waals surface area contributed by atoms with E-state index in [1.165, 1.54) is 36.4 Å². The largest absolute Gasteiger partial charge is 0.478 e. The van der Waals surface area contributed by atoms with E-state index in [1.54, 1.807) is 24.3 Å². The van der Waals surface area contributed by atoms with Gasteiger partial charge < -0.3 is 10.8 Å². The fourth-order valence-electron chi connectivity index (χ4n) is 2.86. The van der Waals surface area contributed by atoms with Gasteiger partial charge in [0.15, 0.2) is 9.84 Å². The van der Waals surface area contributed by atoms with Crippen LogP contribution in [0.25, 0.3) is 10.4 Å². The van der Waals surface area contributed by atoms with Gasteiger partial charge in [-0.25, -0.2) is 13.2 Å². The number of alkyl halides is 3. The molecule has 0 fully saturated rings. The van der Waals surface area contributed by atoms with Crippen LogP contribution in [-0.2, 0) is 16.4 Å². The molecule has 1 aromatic heterocycles. The number of carboxylic acids is 1. The predicted molar refractivity (Wildman–Crippen MR) is 125 cm³/mol. The molecule has 0 saturated heterocycles. The number of aromatic carboxylic acids is 1. The Morgan fingerprint density at radius 2 is 1.79 bits per heavy atom. The van der Waals surface area contributed by atoms with Crippen LogP contribution in [0.3, 0.4) is 0 Å². The molecule has 3 N–H and O–H groups in total. The molecule has 178 valence electrons. The Kier molecular flexibility index (Phi) is 7.27. The Morgan fingerprint density at radius 3 is 2.38 bits per heavy atom. The van der Waals surface area contributed by atoms with Gasteiger partial charge in [-0.1, -0.05) is 24.3 Å². The first-order valence-electron chi connectivity index (χ1n) is 9.66. The first-order chi connectivity index (χ1) is 15.8. The van der Waals surface area contributed by atoms with E-state index in [1.807, 2.05) is 0 Å². The van der Waals surface area contributed by atoms with Crippen molar-refractivity contribution in [1.29, 1.82) is 0 Å². The molecule has 0 radical (unpaired) electrons. The minimum Gasteiger partial charge on any atom is -0.478 e. The van der Waals surface area contributed by atoms with Gasteiger partial charge in [0.2, 0.25) is 0 Å². The fourth-order valence-corrected chi connectivity index (χ4v) is 4.51. The number of hydrogen-bond acceptors (Lipinski definition) is 6. The summed E-state index contributed by atoms with van der Waals surface area (Å²) in [6.45, 7) is -0.00628. The molecule has 6 nitrogen and oxygen atoms in total. The van der Waals surface area contributed by atoms with E-state index >= 15 is 0 Å². The maximum absolute atomic E-state index is 13.1. The van der Waals surface area contributed by atoms with Crippen molar-refractivity contribution in [1.82, 2.24) is 0 Å². The van der Waals surface area contributed by atoms with Crippen LogP contribution in [0.5, 0.6) is 0 Å². The number of rotatable bonds is 7. The molecule has 0 unspecified atom stereocenters. The number of carbonyl (C=O) groups is 1. The summed E-state index contributed by atoms with van der Waals surface area (Å²) in [6, 6.07) is 15.3. The van der Waals surface area contributed by atoms with Crippen molar-refractivity contribution in [3.8, 4) is 10.4 Å². The highest BCUT2D eigenvalue weighted by molar-refractivity contribution is 7.90. The molecule has 3 aromatic rings. The molecule has 11 heteroatoms. The first-order valence-corrected chi connectivity index (χ1v) is 12.4. The van der Waals surface area contributed by atoms with Crippen LogP contribution in [0.4, 0.5) is 13.2 Å². The minimum atomic E-state index is -4.74. The predicted octanol–water partition coefficient (Wildman–Crippen LogP) is 4.91. The van der Waals surface area contributed by atoms with E-state index in [-0.39, 0.29) is 22.7 Å². The highest BCUT2D eigenvalue weighted by Gasteiger charge is 2.32. The SMILES string of the molecule is CS(=O)(=O)c1cccc(-c2ccc(C(C=C(N)C(F)(F)F)=NCc3ccc(C(=O)O)cc3)s2)c1. The van der Waals surface area contributed by atoms with E-state index in [4.69, 9.17) is 10.8 Å². The van der Waals surface area contributed by atoms with Crippen LogP contribution in [0.1, 0.15) is 20.8 Å². The fraction of sp³-hybridized carbons (Fsp3) is 0.130. The molecule has 0 spiro atoms. The lowest BCUT2D eigenvalue weighted by Crippen LogP contribution is -2.20. The Labute approximate surface area is 197 Å². The van der Waals surface area contributed by atoms with Gasteiger partial charge >= 0.3 is 12.1 Å². The number of nitrogens with zero attached hydrogens (tertiary/aromatic N) is 1. The van der Waals surface area contributed by atoms with Crippen molar-refractivity contribution in [3.63, 3.8) is 0 Å². The second-order valence-corrected chi connectivity index (χ2v) is 10.4. The number of thiophene rings is 1. The van der Waals surface area contributed by atoms with Crippen LogP contribution >= 0.6 is 11.3 Å². The zero-order chi connectivity index (χ0) is 25.1. The lowest BCUT2D eigenvalue weighted by atomic mass is 10.1. The maximum Gasteiger partial charge on any atom is 0.430 e. The van der Waals surface area contributed by atoms with Crippen LogP contribution in [-0.4, -0.2) is 37.6 Å². The Bertz CT molecular complexity index is 1370. The third kappa shape index (κ3) is 6.33. The average Bonchev–Trinajstić information content (AvgIpc) is 3.26. The third-order valence-electron chi connectivity index (χ3n) is 4.66. The second-order valence-electron chi connectivity index (χ2n) is 7.26. The van der Waals surface area contributed by atoms with Gasteiger partial charge in [0.25, 0.3) is 0 Å². The Balaban J connectivity index is 1.98. The average molecular weight is 509 g/mol. The van der Waals surface area contributed by atoms with E-state index < -0.39 is 27.7 Å². The lowest BCUT2D eigenvalue weighted by Gasteiger charge is -2.07. The topological polar surface area (TPSA) is 110 Å². The maximum atomic E-state index is 13.1. The normalized spacial score (nSPS) is 13.2. The molecule has 0 amide bonds. The molecule has 0 aliphatic heterocycles. The van der Waals surface area contributed by atoms with Gasteiger partial charge in [-0.2, -0.15) is 13.2 Å². The van der Waals surface area contributed by atoms with Crippen LogP contribution in [0.2, 0.25) is 0 Å². The molecule has 0 atom stereocenters. The van der Waals surface area contributed by atoms with Crippen LogP contribution in [0, 0.1) is 0 Å². The summed E-state index contributed by atoms with van der Waals surface area (Å²) in [4.78, 5) is 16.4. The molecule has 0 saturated carbocycles. The zero-order valence-corrected chi connectivity index (χ0v) is 19.3. The van der Waals surface area contributed by atoms with Gasteiger partial charge in [-0.05, 0) is 53.6 Å². The summed E-state index contributed by atoms with van der Waals surface area (Å²) < 4.78 is 62.9. The highest BCUT2D eigenvalue weighted by Crippen LogP contribution is 2.31. The number of sulfone groups is 1. The molecule has 1 heterocycles. The Hall–Kier alpha value is -3.44. The van der Waals surface area contributed by atoms with Crippen LogP contribution < -0.4 is 5.73 Å². The molecule has 0 aliphatic carbocycles. The van der Waals surface area contributed by atoms with Gasteiger partial charge in [0.05, 0.1) is 27.6 Å². The standard InChI is InChI=1S/C23H19F3N2O4S2/c1-34(31,32)17-4-2-3-16(11-17)19-9-10-20(33-19)18(12-21(27)23(24,25)26)28-13-14-5-7-15(8-6-14)22(29)30/h2-12H,13,27H2,1H3,(H,29,30). The molecule has 2 aromatic carbocycles. The molecule has 0 aliphatic rings. The van der Waals surface area contributed by atoms with Gasteiger partial charge in [0.1, 0.15) is 5.70 Å². The van der Waals surface area contributed by atoms with Crippen molar-refractivity contribution in [2.24, 2.45) is 10.7 Å². The number of halogens is 3. The van der Waals surface area contributed by atoms with Gasteiger partial charge in [0, 0.05) is 11.1 Å². The van der Waals surface area contributed by atoms with Gasteiger partial charge in [-0.3, -0.25) is 4.99 Å². The van der Waals surface area contributed by atoms with Crippen molar-refractivity contribution in [2.45, 2.75) is 17.6 Å². The summed E-state index contributed by atoms with van der Waals surface area (Å²) in [6.07, 6.45) is -2.91. The number of nitrogens with two attached hydrogens (primary N) is 1. The summed E-state index contributed by atoms with van der Waals surface area (Å²) in [7, 11) is -3.43. The quantitative estimate of drug-likeness (QED) is 0.441. The Morgan fingerprint density at radius 1 is 1.12 bits per heavy atom. The van der Waals surface area contributed by atoms with Crippen molar-refractivity contribution in [3.05, 3.63) is 88.4 Å². The zero-order valence-electron chi connectivity index (χ0n) is 17.7. The lowest BCUT2D eigenvalue weighted by molar-refractivity contribution is -0.0925. The summed E-state index contributed by atoms with van der Waals surface area (Å²) in [5, 5.41) is 8.99.